The summed E-state index contributed by atoms with van der Waals surface area (Å²) in [6.45, 7) is 5.21. The summed E-state index contributed by atoms with van der Waals surface area (Å²) < 4.78 is 1.54. The molecule has 0 aliphatic heterocycles. The number of nitrogens with zero attached hydrogens (tertiary/aromatic N) is 2. The molecule has 104 valence electrons. The summed E-state index contributed by atoms with van der Waals surface area (Å²) in [6, 6.07) is 0. The zero-order valence-electron chi connectivity index (χ0n) is 11.9. The van der Waals surface area contributed by atoms with Gasteiger partial charge in [-0.1, -0.05) is 20.8 Å². The van der Waals surface area contributed by atoms with Crippen LogP contribution in [0, 0.1) is 5.92 Å². The minimum absolute atomic E-state index is 0.184. The van der Waals surface area contributed by atoms with Crippen LogP contribution < -0.4 is 0 Å². The molecule has 0 atom stereocenters. The summed E-state index contributed by atoms with van der Waals surface area (Å²) in [4.78, 5) is 36.2. The average Bonchev–Trinajstić information content (AvgIpc) is 2.79. The molecule has 0 aliphatic carbocycles. The van der Waals surface area contributed by atoms with Crippen LogP contribution in [0.3, 0.4) is 0 Å². The van der Waals surface area contributed by atoms with E-state index in [4.69, 9.17) is 0 Å². The number of carbonyl (C=O) groups excluding carboxylic acids is 3. The van der Waals surface area contributed by atoms with Crippen molar-refractivity contribution in [2.24, 2.45) is 13.0 Å². The quantitative estimate of drug-likeness (QED) is 0.555. The Kier molecular flexibility index (Phi) is 5.15. The van der Waals surface area contributed by atoms with Crippen LogP contribution in [0.5, 0.6) is 0 Å². The largest absolute Gasteiger partial charge is 0.298 e. The summed E-state index contributed by atoms with van der Waals surface area (Å²) in [5, 5.41) is 4.18. The van der Waals surface area contributed by atoms with E-state index >= 15 is 0 Å². The number of Topliss-reactive ketones (excluding diaryl/α,β-unsaturated/α-hetero) is 3. The van der Waals surface area contributed by atoms with E-state index in [1.807, 2.05) is 6.92 Å². The molecule has 0 saturated heterocycles. The molecule has 19 heavy (non-hydrogen) atoms. The van der Waals surface area contributed by atoms with Crippen LogP contribution in [0.1, 0.15) is 49.7 Å². The Hall–Kier alpha value is -1.78. The molecule has 0 amide bonds. The maximum atomic E-state index is 12.4. The molecule has 0 aliphatic rings. The summed E-state index contributed by atoms with van der Waals surface area (Å²) in [6.07, 6.45) is 2.54. The predicted molar refractivity (Wildman–Crippen MR) is 71.0 cm³/mol. The second-order valence-corrected chi connectivity index (χ2v) is 4.45. The molecule has 0 bridgehead atoms. The van der Waals surface area contributed by atoms with Gasteiger partial charge in [0.2, 0.25) is 0 Å². The fourth-order valence-corrected chi connectivity index (χ4v) is 2.04. The molecule has 0 radical (unpaired) electrons. The van der Waals surface area contributed by atoms with Crippen molar-refractivity contribution in [1.29, 1.82) is 0 Å². The Morgan fingerprint density at radius 2 is 1.68 bits per heavy atom. The van der Waals surface area contributed by atoms with E-state index in [1.165, 1.54) is 4.68 Å². The van der Waals surface area contributed by atoms with Gasteiger partial charge < -0.3 is 0 Å². The highest BCUT2D eigenvalue weighted by Crippen LogP contribution is 2.17. The number of aryl methyl sites for hydroxylation is 2. The van der Waals surface area contributed by atoms with Gasteiger partial charge in [-0.15, -0.1) is 0 Å². The third-order valence-electron chi connectivity index (χ3n) is 3.11. The second-order valence-electron chi connectivity index (χ2n) is 4.45. The molecule has 5 nitrogen and oxygen atoms in total. The standard InChI is InChI=1S/C14H20N2O3/c1-5-10-9(8-16(4)15-10)14(19)13(11(17)6-2)12(18)7-3/h8,13H,5-7H2,1-4H3. The van der Waals surface area contributed by atoms with Gasteiger partial charge in [-0.2, -0.15) is 5.10 Å². The third-order valence-corrected chi connectivity index (χ3v) is 3.11. The highest BCUT2D eigenvalue weighted by molar-refractivity contribution is 6.24. The Bertz CT molecular complexity index is 487. The van der Waals surface area contributed by atoms with Crippen molar-refractivity contribution in [2.45, 2.75) is 40.0 Å². The SMILES string of the molecule is CCC(=O)C(C(=O)CC)C(=O)c1cn(C)nc1CC. The molecule has 0 saturated carbocycles. The number of aromatic nitrogens is 2. The Balaban J connectivity index is 3.19. The highest BCUT2D eigenvalue weighted by atomic mass is 16.2. The number of rotatable bonds is 7. The molecule has 0 unspecified atom stereocenters. The zero-order valence-corrected chi connectivity index (χ0v) is 11.9. The Morgan fingerprint density at radius 3 is 2.11 bits per heavy atom. The first-order valence-corrected chi connectivity index (χ1v) is 6.58. The zero-order chi connectivity index (χ0) is 14.6. The van der Waals surface area contributed by atoms with Crippen LogP contribution in [0.2, 0.25) is 0 Å². The fourth-order valence-electron chi connectivity index (χ4n) is 2.04. The maximum Gasteiger partial charge on any atom is 0.184 e. The first-order valence-electron chi connectivity index (χ1n) is 6.58. The molecular weight excluding hydrogens is 244 g/mol. The van der Waals surface area contributed by atoms with Gasteiger partial charge in [0.15, 0.2) is 17.3 Å². The second kappa shape index (κ2) is 6.41. The molecular formula is C14H20N2O3. The third kappa shape index (κ3) is 3.16. The van der Waals surface area contributed by atoms with Crippen LogP contribution in [-0.4, -0.2) is 27.1 Å². The van der Waals surface area contributed by atoms with Crippen LogP contribution in [0.25, 0.3) is 0 Å². The van der Waals surface area contributed by atoms with E-state index in [2.05, 4.69) is 5.10 Å². The van der Waals surface area contributed by atoms with Crippen molar-refractivity contribution in [2.75, 3.05) is 0 Å². The molecule has 0 spiro atoms. The van der Waals surface area contributed by atoms with Crippen molar-refractivity contribution >= 4 is 17.3 Å². The van der Waals surface area contributed by atoms with Gasteiger partial charge in [-0.05, 0) is 6.42 Å². The first kappa shape index (κ1) is 15.3. The van der Waals surface area contributed by atoms with E-state index in [0.29, 0.717) is 17.7 Å². The maximum absolute atomic E-state index is 12.4. The monoisotopic (exact) mass is 264 g/mol. The van der Waals surface area contributed by atoms with Gasteiger partial charge in [0.05, 0.1) is 11.3 Å². The van der Waals surface area contributed by atoms with Crippen molar-refractivity contribution in [3.8, 4) is 0 Å². The van der Waals surface area contributed by atoms with Crippen LogP contribution >= 0.6 is 0 Å². The lowest BCUT2D eigenvalue weighted by Crippen LogP contribution is -2.31. The van der Waals surface area contributed by atoms with E-state index < -0.39 is 11.7 Å². The molecule has 0 N–H and O–H groups in total. The van der Waals surface area contributed by atoms with Gasteiger partial charge in [-0.25, -0.2) is 0 Å². The minimum atomic E-state index is -1.16. The summed E-state index contributed by atoms with van der Waals surface area (Å²) in [7, 11) is 1.72. The van der Waals surface area contributed by atoms with Gasteiger partial charge in [-0.3, -0.25) is 19.1 Å². The van der Waals surface area contributed by atoms with Crippen molar-refractivity contribution < 1.29 is 14.4 Å². The van der Waals surface area contributed by atoms with Gasteiger partial charge in [0.1, 0.15) is 5.92 Å². The number of hydrogen-bond donors (Lipinski definition) is 0. The van der Waals surface area contributed by atoms with Gasteiger partial charge in [0, 0.05) is 26.1 Å². The Labute approximate surface area is 113 Å². The van der Waals surface area contributed by atoms with Crippen LogP contribution in [0.4, 0.5) is 0 Å². The van der Waals surface area contributed by atoms with Crippen molar-refractivity contribution in [3.63, 3.8) is 0 Å². The average molecular weight is 264 g/mol. The lowest BCUT2D eigenvalue weighted by atomic mass is 9.87. The van der Waals surface area contributed by atoms with Crippen LogP contribution in [-0.2, 0) is 23.1 Å². The van der Waals surface area contributed by atoms with E-state index in [1.54, 1.807) is 27.1 Å². The lowest BCUT2D eigenvalue weighted by Gasteiger charge is -2.11. The molecule has 5 heteroatoms. The smallest absolute Gasteiger partial charge is 0.184 e. The van der Waals surface area contributed by atoms with E-state index in [9.17, 15) is 14.4 Å². The van der Waals surface area contributed by atoms with Crippen molar-refractivity contribution in [3.05, 3.63) is 17.5 Å². The van der Waals surface area contributed by atoms with Crippen molar-refractivity contribution in [1.82, 2.24) is 9.78 Å². The fraction of sp³-hybridized carbons (Fsp3) is 0.571. The molecule has 1 aromatic heterocycles. The topological polar surface area (TPSA) is 69.0 Å². The highest BCUT2D eigenvalue weighted by Gasteiger charge is 2.33. The first-order chi connectivity index (χ1) is 8.96. The minimum Gasteiger partial charge on any atom is -0.298 e. The van der Waals surface area contributed by atoms with E-state index in [0.717, 1.165) is 0 Å². The van der Waals surface area contributed by atoms with Gasteiger partial charge >= 0.3 is 0 Å². The van der Waals surface area contributed by atoms with E-state index in [-0.39, 0.29) is 24.4 Å². The van der Waals surface area contributed by atoms with Gasteiger partial charge in [0.25, 0.3) is 0 Å². The summed E-state index contributed by atoms with van der Waals surface area (Å²) in [5.41, 5.74) is 1.02. The summed E-state index contributed by atoms with van der Waals surface area (Å²) >= 11 is 0. The molecule has 1 heterocycles. The molecule has 0 aromatic carbocycles. The molecule has 1 rings (SSSR count). The number of carbonyl (C=O) groups is 3. The summed E-state index contributed by atoms with van der Waals surface area (Å²) in [5.74, 6) is -2.21. The number of hydrogen-bond acceptors (Lipinski definition) is 4. The lowest BCUT2D eigenvalue weighted by molar-refractivity contribution is -0.130. The van der Waals surface area contributed by atoms with Crippen LogP contribution in [0.15, 0.2) is 6.20 Å². The molecule has 1 aromatic rings. The Morgan fingerprint density at radius 1 is 1.16 bits per heavy atom. The normalized spacial score (nSPS) is 10.8. The number of ketones is 3. The molecule has 0 fully saturated rings. The predicted octanol–water partition coefficient (Wildman–Crippen LogP) is 1.74.